The number of nitrogens with one attached hydrogen (secondary N) is 1. The predicted molar refractivity (Wildman–Crippen MR) is 132 cm³/mol. The first-order valence-electron chi connectivity index (χ1n) is 10.9. The second-order valence-corrected chi connectivity index (χ2v) is 8.61. The standard InChI is InChI=1S/C25H26N6O.CH4/c1-15-5-6-18(14-26)11-20(15)21-12-19(23-16(2)29-32-17(23)3)13-22-24(21)28-25(27-22)31-9-7-30(4)8-10-31;/h5-6,11-13H,7-10H2,1-4H3,(H,27,28);1H4. The SMILES string of the molecule is C.Cc1ccc(C#N)cc1-c1cc(-c2c(C)noc2C)cc2[nH]c(N3CCN(C)CC3)nc12. The van der Waals surface area contributed by atoms with Crippen LogP contribution in [0.15, 0.2) is 34.9 Å². The second-order valence-electron chi connectivity index (χ2n) is 8.61. The summed E-state index contributed by atoms with van der Waals surface area (Å²) in [4.78, 5) is 13.2. The Hall–Kier alpha value is -3.63. The van der Waals surface area contributed by atoms with E-state index < -0.39 is 0 Å². The molecule has 1 N–H and O–H groups in total. The number of hydrogen-bond donors (Lipinski definition) is 1. The highest BCUT2D eigenvalue weighted by Gasteiger charge is 2.21. The third-order valence-corrected chi connectivity index (χ3v) is 6.36. The van der Waals surface area contributed by atoms with Crippen molar-refractivity contribution in [2.45, 2.75) is 28.2 Å². The fourth-order valence-corrected chi connectivity index (χ4v) is 4.50. The second kappa shape index (κ2) is 8.72. The molecular weight excluding hydrogens is 412 g/mol. The van der Waals surface area contributed by atoms with Gasteiger partial charge in [-0.25, -0.2) is 4.98 Å². The van der Waals surface area contributed by atoms with Gasteiger partial charge in [0.15, 0.2) is 0 Å². The molecule has 0 atom stereocenters. The van der Waals surface area contributed by atoms with Crippen LogP contribution in [-0.4, -0.2) is 53.3 Å². The van der Waals surface area contributed by atoms with E-state index in [4.69, 9.17) is 9.51 Å². The summed E-state index contributed by atoms with van der Waals surface area (Å²) in [6, 6.07) is 12.3. The summed E-state index contributed by atoms with van der Waals surface area (Å²) in [5.41, 5.74) is 8.51. The van der Waals surface area contributed by atoms with Gasteiger partial charge < -0.3 is 19.3 Å². The number of piperazine rings is 1. The molecule has 33 heavy (non-hydrogen) atoms. The molecule has 2 aromatic carbocycles. The summed E-state index contributed by atoms with van der Waals surface area (Å²) in [6.45, 7) is 9.86. The minimum absolute atomic E-state index is 0. The molecule has 1 fully saturated rings. The van der Waals surface area contributed by atoms with Gasteiger partial charge in [-0.3, -0.25) is 0 Å². The molecule has 0 aliphatic carbocycles. The van der Waals surface area contributed by atoms with Gasteiger partial charge in [-0.15, -0.1) is 0 Å². The Kier molecular flexibility index (Phi) is 5.96. The molecule has 3 heterocycles. The Morgan fingerprint density at radius 2 is 1.79 bits per heavy atom. The smallest absolute Gasteiger partial charge is 0.203 e. The molecule has 0 unspecified atom stereocenters. The van der Waals surface area contributed by atoms with Crippen LogP contribution in [0.25, 0.3) is 33.3 Å². The van der Waals surface area contributed by atoms with Crippen LogP contribution in [0.3, 0.4) is 0 Å². The van der Waals surface area contributed by atoms with E-state index in [2.05, 4.69) is 52.1 Å². The number of H-pyrrole nitrogens is 1. The summed E-state index contributed by atoms with van der Waals surface area (Å²) in [7, 11) is 2.15. The van der Waals surface area contributed by atoms with Crippen LogP contribution in [0.1, 0.15) is 30.0 Å². The molecule has 0 spiro atoms. The molecule has 0 amide bonds. The lowest BCUT2D eigenvalue weighted by Crippen LogP contribution is -2.44. The summed E-state index contributed by atoms with van der Waals surface area (Å²) >= 11 is 0. The van der Waals surface area contributed by atoms with Gasteiger partial charge >= 0.3 is 0 Å². The fourth-order valence-electron chi connectivity index (χ4n) is 4.50. The molecule has 4 aromatic rings. The Balaban J connectivity index is 0.00000259. The maximum Gasteiger partial charge on any atom is 0.203 e. The largest absolute Gasteiger partial charge is 0.361 e. The average Bonchev–Trinajstić information content (AvgIpc) is 3.36. The van der Waals surface area contributed by atoms with Gasteiger partial charge in [0.1, 0.15) is 5.76 Å². The van der Waals surface area contributed by atoms with Gasteiger partial charge in [0.25, 0.3) is 0 Å². The number of nitriles is 1. The third kappa shape index (κ3) is 3.98. The molecule has 7 nitrogen and oxygen atoms in total. The summed E-state index contributed by atoms with van der Waals surface area (Å²) in [5, 5.41) is 13.6. The van der Waals surface area contributed by atoms with E-state index in [9.17, 15) is 5.26 Å². The van der Waals surface area contributed by atoms with E-state index in [0.717, 1.165) is 82.4 Å². The van der Waals surface area contributed by atoms with E-state index in [1.54, 1.807) is 0 Å². The van der Waals surface area contributed by atoms with Crippen molar-refractivity contribution in [2.75, 3.05) is 38.1 Å². The number of rotatable bonds is 3. The van der Waals surface area contributed by atoms with Crippen molar-refractivity contribution in [2.24, 2.45) is 0 Å². The number of aromatic nitrogens is 3. The van der Waals surface area contributed by atoms with Crippen molar-refractivity contribution in [3.05, 3.63) is 52.9 Å². The van der Waals surface area contributed by atoms with Crippen LogP contribution in [-0.2, 0) is 0 Å². The van der Waals surface area contributed by atoms with Gasteiger partial charge in [-0.05, 0) is 68.8 Å². The zero-order valence-electron chi connectivity index (χ0n) is 18.9. The van der Waals surface area contributed by atoms with Crippen LogP contribution in [0, 0.1) is 32.1 Å². The minimum Gasteiger partial charge on any atom is -0.361 e. The quantitative estimate of drug-likeness (QED) is 0.477. The van der Waals surface area contributed by atoms with Crippen LogP contribution in [0.2, 0.25) is 0 Å². The Labute approximate surface area is 194 Å². The van der Waals surface area contributed by atoms with Crippen molar-refractivity contribution in [3.8, 4) is 28.3 Å². The average molecular weight is 443 g/mol. The monoisotopic (exact) mass is 442 g/mol. The molecule has 0 saturated carbocycles. The van der Waals surface area contributed by atoms with Crippen molar-refractivity contribution in [3.63, 3.8) is 0 Å². The summed E-state index contributed by atoms with van der Waals surface area (Å²) in [6.07, 6.45) is 0. The maximum absolute atomic E-state index is 9.48. The molecule has 5 rings (SSSR count). The van der Waals surface area contributed by atoms with E-state index in [-0.39, 0.29) is 7.43 Å². The number of imidazole rings is 1. The number of benzene rings is 2. The van der Waals surface area contributed by atoms with Crippen LogP contribution in [0.4, 0.5) is 5.95 Å². The Morgan fingerprint density at radius 3 is 2.45 bits per heavy atom. The molecule has 1 aliphatic heterocycles. The molecule has 0 bridgehead atoms. The van der Waals surface area contributed by atoms with Crippen molar-refractivity contribution in [1.29, 1.82) is 5.26 Å². The number of hydrogen-bond acceptors (Lipinski definition) is 6. The summed E-state index contributed by atoms with van der Waals surface area (Å²) < 4.78 is 5.45. The number of aryl methyl sites for hydroxylation is 3. The van der Waals surface area contributed by atoms with Gasteiger partial charge in [0.2, 0.25) is 5.95 Å². The highest BCUT2D eigenvalue weighted by Crippen LogP contribution is 2.38. The lowest BCUT2D eigenvalue weighted by atomic mass is 9.93. The van der Waals surface area contributed by atoms with Gasteiger partial charge in [0, 0.05) is 37.3 Å². The van der Waals surface area contributed by atoms with Crippen molar-refractivity contribution >= 4 is 17.0 Å². The molecule has 2 aromatic heterocycles. The molecule has 170 valence electrons. The molecular formula is C26H30N6O. The highest BCUT2D eigenvalue weighted by atomic mass is 16.5. The number of likely N-dealkylation sites (N-methyl/N-ethyl adjacent to an activating group) is 1. The maximum atomic E-state index is 9.48. The van der Waals surface area contributed by atoms with Crippen LogP contribution < -0.4 is 4.90 Å². The first kappa shape index (κ1) is 22.6. The van der Waals surface area contributed by atoms with Crippen LogP contribution in [0.5, 0.6) is 0 Å². The van der Waals surface area contributed by atoms with Gasteiger partial charge in [-0.1, -0.05) is 18.6 Å². The topological polar surface area (TPSA) is 85.0 Å². The third-order valence-electron chi connectivity index (χ3n) is 6.36. The number of fused-ring (bicyclic) bond motifs is 1. The first-order valence-corrected chi connectivity index (χ1v) is 10.9. The molecule has 0 radical (unpaired) electrons. The zero-order valence-corrected chi connectivity index (χ0v) is 18.9. The molecule has 1 aliphatic rings. The Bertz CT molecular complexity index is 1330. The number of nitrogens with zero attached hydrogens (tertiary/aromatic N) is 5. The lowest BCUT2D eigenvalue weighted by Gasteiger charge is -2.32. The Morgan fingerprint density at radius 1 is 1.03 bits per heavy atom. The van der Waals surface area contributed by atoms with Crippen LogP contribution >= 0.6 is 0 Å². The molecule has 1 saturated heterocycles. The van der Waals surface area contributed by atoms with Crippen molar-refractivity contribution < 1.29 is 4.52 Å². The van der Waals surface area contributed by atoms with E-state index in [1.807, 2.05) is 32.0 Å². The van der Waals surface area contributed by atoms with Gasteiger partial charge in [-0.2, -0.15) is 5.26 Å². The van der Waals surface area contributed by atoms with Crippen molar-refractivity contribution in [1.82, 2.24) is 20.0 Å². The predicted octanol–water partition coefficient (Wildman–Crippen LogP) is 5.07. The van der Waals surface area contributed by atoms with Gasteiger partial charge in [0.05, 0.1) is 28.4 Å². The lowest BCUT2D eigenvalue weighted by molar-refractivity contribution is 0.311. The molecule has 7 heteroatoms. The van der Waals surface area contributed by atoms with E-state index in [1.165, 1.54) is 0 Å². The minimum atomic E-state index is 0. The summed E-state index contributed by atoms with van der Waals surface area (Å²) in [5.74, 6) is 1.67. The fraction of sp³-hybridized carbons (Fsp3) is 0.346. The highest BCUT2D eigenvalue weighted by molar-refractivity contribution is 5.98. The first-order chi connectivity index (χ1) is 15.4. The number of aromatic amines is 1. The normalized spacial score (nSPS) is 14.3. The van der Waals surface area contributed by atoms with E-state index >= 15 is 0 Å². The number of anilines is 1. The zero-order chi connectivity index (χ0) is 22.4. The van der Waals surface area contributed by atoms with E-state index in [0.29, 0.717) is 5.56 Å².